The lowest BCUT2D eigenvalue weighted by molar-refractivity contribution is 0.0692. The van der Waals surface area contributed by atoms with Gasteiger partial charge in [0.05, 0.1) is 5.56 Å². The molecule has 0 fully saturated rings. The van der Waals surface area contributed by atoms with Crippen LogP contribution < -0.4 is 5.32 Å². The fraction of sp³-hybridized carbons (Fsp3) is 0. The monoisotopic (exact) mass is 180 g/mol. The SMILES string of the molecule is N#CNc1ccc(F)c(C(=O)O)c1. The van der Waals surface area contributed by atoms with Crippen LogP contribution in [-0.4, -0.2) is 11.1 Å². The Hall–Kier alpha value is -2.09. The van der Waals surface area contributed by atoms with Crippen molar-refractivity contribution in [3.63, 3.8) is 0 Å². The summed E-state index contributed by atoms with van der Waals surface area (Å²) in [4.78, 5) is 10.4. The Balaban J connectivity index is 3.13. The normalized spacial score (nSPS) is 8.92. The fourth-order valence-electron chi connectivity index (χ4n) is 0.831. The minimum Gasteiger partial charge on any atom is -0.478 e. The van der Waals surface area contributed by atoms with E-state index in [0.29, 0.717) is 0 Å². The number of nitrogens with one attached hydrogen (secondary N) is 1. The van der Waals surface area contributed by atoms with Gasteiger partial charge in [0.15, 0.2) is 6.19 Å². The van der Waals surface area contributed by atoms with Crippen LogP contribution in [-0.2, 0) is 0 Å². The van der Waals surface area contributed by atoms with E-state index in [9.17, 15) is 9.18 Å². The lowest BCUT2D eigenvalue weighted by Crippen LogP contribution is -2.01. The highest BCUT2D eigenvalue weighted by Gasteiger charge is 2.10. The molecule has 0 aliphatic carbocycles. The molecule has 0 saturated heterocycles. The van der Waals surface area contributed by atoms with E-state index in [2.05, 4.69) is 5.32 Å². The lowest BCUT2D eigenvalue weighted by atomic mass is 10.2. The molecule has 1 rings (SSSR count). The Morgan fingerprint density at radius 2 is 2.31 bits per heavy atom. The number of hydrogen-bond acceptors (Lipinski definition) is 3. The van der Waals surface area contributed by atoms with Crippen LogP contribution in [0.2, 0.25) is 0 Å². The van der Waals surface area contributed by atoms with Crippen LogP contribution in [0.25, 0.3) is 0 Å². The van der Waals surface area contributed by atoms with Gasteiger partial charge in [0.25, 0.3) is 0 Å². The summed E-state index contributed by atoms with van der Waals surface area (Å²) < 4.78 is 12.8. The molecule has 0 aliphatic heterocycles. The van der Waals surface area contributed by atoms with Gasteiger partial charge in [0, 0.05) is 5.69 Å². The summed E-state index contributed by atoms with van der Waals surface area (Å²) >= 11 is 0. The number of benzene rings is 1. The summed E-state index contributed by atoms with van der Waals surface area (Å²) in [5.41, 5.74) is -0.207. The molecule has 0 radical (unpaired) electrons. The minimum absolute atomic E-state index is 0.251. The van der Waals surface area contributed by atoms with Crippen LogP contribution in [0.4, 0.5) is 10.1 Å². The largest absolute Gasteiger partial charge is 0.478 e. The van der Waals surface area contributed by atoms with E-state index in [4.69, 9.17) is 10.4 Å². The van der Waals surface area contributed by atoms with E-state index in [0.717, 1.165) is 12.1 Å². The Kier molecular flexibility index (Phi) is 2.45. The van der Waals surface area contributed by atoms with E-state index in [1.165, 1.54) is 6.07 Å². The summed E-state index contributed by atoms with van der Waals surface area (Å²) in [6, 6.07) is 3.33. The van der Waals surface area contributed by atoms with E-state index in [1.807, 2.05) is 0 Å². The van der Waals surface area contributed by atoms with Gasteiger partial charge in [-0.15, -0.1) is 0 Å². The second kappa shape index (κ2) is 3.54. The number of carbonyl (C=O) groups is 1. The standard InChI is InChI=1S/C8H5FN2O2/c9-7-2-1-5(11-4-10)3-6(7)8(12)13/h1-3,11H,(H,12,13). The van der Waals surface area contributed by atoms with Crippen LogP contribution >= 0.6 is 0 Å². The van der Waals surface area contributed by atoms with Crippen molar-refractivity contribution < 1.29 is 14.3 Å². The number of nitriles is 1. The zero-order valence-corrected chi connectivity index (χ0v) is 6.41. The topological polar surface area (TPSA) is 73.1 Å². The van der Waals surface area contributed by atoms with Gasteiger partial charge in [-0.05, 0) is 18.2 Å². The Bertz CT molecular complexity index is 384. The van der Waals surface area contributed by atoms with Gasteiger partial charge < -0.3 is 5.11 Å². The van der Waals surface area contributed by atoms with Gasteiger partial charge in [-0.3, -0.25) is 5.32 Å². The molecular weight excluding hydrogens is 175 g/mol. The average molecular weight is 180 g/mol. The molecule has 0 saturated carbocycles. The third-order valence-electron chi connectivity index (χ3n) is 1.40. The molecule has 13 heavy (non-hydrogen) atoms. The Labute approximate surface area is 73.2 Å². The number of aromatic carboxylic acids is 1. The second-order valence-electron chi connectivity index (χ2n) is 2.24. The van der Waals surface area contributed by atoms with Crippen molar-refractivity contribution in [3.05, 3.63) is 29.6 Å². The van der Waals surface area contributed by atoms with Gasteiger partial charge >= 0.3 is 5.97 Å². The highest BCUT2D eigenvalue weighted by atomic mass is 19.1. The molecule has 0 spiro atoms. The van der Waals surface area contributed by atoms with Gasteiger partial charge in [0.1, 0.15) is 5.82 Å². The summed E-state index contributed by atoms with van der Waals surface area (Å²) in [6.07, 6.45) is 1.60. The van der Waals surface area contributed by atoms with Crippen LogP contribution in [0.5, 0.6) is 0 Å². The maximum Gasteiger partial charge on any atom is 0.338 e. The summed E-state index contributed by atoms with van der Waals surface area (Å²) in [5.74, 6) is -2.19. The molecule has 0 bridgehead atoms. The van der Waals surface area contributed by atoms with Crippen molar-refractivity contribution >= 4 is 11.7 Å². The maximum absolute atomic E-state index is 12.8. The first-order valence-corrected chi connectivity index (χ1v) is 3.33. The zero-order chi connectivity index (χ0) is 9.84. The van der Waals surface area contributed by atoms with Crippen molar-refractivity contribution in [2.45, 2.75) is 0 Å². The number of hydrogen-bond donors (Lipinski definition) is 2. The van der Waals surface area contributed by atoms with E-state index in [-0.39, 0.29) is 5.69 Å². The van der Waals surface area contributed by atoms with Gasteiger partial charge in [-0.2, -0.15) is 5.26 Å². The van der Waals surface area contributed by atoms with Crippen molar-refractivity contribution in [1.29, 1.82) is 5.26 Å². The quantitative estimate of drug-likeness (QED) is 0.533. The highest BCUT2D eigenvalue weighted by molar-refractivity contribution is 5.89. The third kappa shape index (κ3) is 1.93. The predicted molar refractivity (Wildman–Crippen MR) is 42.6 cm³/mol. The number of carboxylic acid groups (broad SMARTS) is 1. The van der Waals surface area contributed by atoms with E-state index in [1.54, 1.807) is 6.19 Å². The van der Waals surface area contributed by atoms with Gasteiger partial charge in [0.2, 0.25) is 0 Å². The molecular formula is C8H5FN2O2. The smallest absolute Gasteiger partial charge is 0.338 e. The number of rotatable bonds is 2. The molecule has 0 atom stereocenters. The Morgan fingerprint density at radius 3 is 2.85 bits per heavy atom. The molecule has 0 aromatic heterocycles. The van der Waals surface area contributed by atoms with Crippen molar-refractivity contribution in [2.75, 3.05) is 5.32 Å². The third-order valence-corrected chi connectivity index (χ3v) is 1.40. The van der Waals surface area contributed by atoms with Crippen LogP contribution in [0.1, 0.15) is 10.4 Å². The molecule has 4 nitrogen and oxygen atoms in total. The molecule has 2 N–H and O–H groups in total. The number of nitrogens with zero attached hydrogens (tertiary/aromatic N) is 1. The summed E-state index contributed by atoms with van der Waals surface area (Å²) in [6.45, 7) is 0. The second-order valence-corrected chi connectivity index (χ2v) is 2.24. The van der Waals surface area contributed by atoms with E-state index >= 15 is 0 Å². The predicted octanol–water partition coefficient (Wildman–Crippen LogP) is 1.42. The minimum atomic E-state index is -1.36. The van der Waals surface area contributed by atoms with E-state index < -0.39 is 17.3 Å². The summed E-state index contributed by atoms with van der Waals surface area (Å²) in [5, 5.41) is 18.9. The molecule has 0 unspecified atom stereocenters. The van der Waals surface area contributed by atoms with Gasteiger partial charge in [-0.1, -0.05) is 0 Å². The molecule has 0 heterocycles. The highest BCUT2D eigenvalue weighted by Crippen LogP contribution is 2.14. The molecule has 1 aromatic carbocycles. The average Bonchev–Trinajstić information content (AvgIpc) is 2.08. The maximum atomic E-state index is 12.8. The van der Waals surface area contributed by atoms with Crippen molar-refractivity contribution in [2.24, 2.45) is 0 Å². The molecule has 0 aliphatic rings. The van der Waals surface area contributed by atoms with Crippen LogP contribution in [0.15, 0.2) is 18.2 Å². The number of halogens is 1. The first kappa shape index (κ1) is 9.00. The van der Waals surface area contributed by atoms with Crippen molar-refractivity contribution in [3.8, 4) is 6.19 Å². The lowest BCUT2D eigenvalue weighted by Gasteiger charge is -2.00. The summed E-state index contributed by atoms with van der Waals surface area (Å²) in [7, 11) is 0. The molecule has 1 aromatic rings. The van der Waals surface area contributed by atoms with Gasteiger partial charge in [-0.25, -0.2) is 9.18 Å². The molecule has 0 amide bonds. The molecule has 66 valence electrons. The van der Waals surface area contributed by atoms with Crippen LogP contribution in [0.3, 0.4) is 0 Å². The first-order chi connectivity index (χ1) is 6.15. The zero-order valence-electron chi connectivity index (χ0n) is 6.41. The number of carboxylic acids is 1. The fourth-order valence-corrected chi connectivity index (χ4v) is 0.831. The Morgan fingerprint density at radius 1 is 1.62 bits per heavy atom. The first-order valence-electron chi connectivity index (χ1n) is 3.33. The number of anilines is 1. The van der Waals surface area contributed by atoms with Crippen LogP contribution in [0, 0.1) is 17.3 Å². The molecule has 5 heteroatoms. The van der Waals surface area contributed by atoms with Crippen molar-refractivity contribution in [1.82, 2.24) is 0 Å².